The standard InChI is InChI=1S/C14H16ClNO3/c15-12-11-9-18-7-6-16(13(11)12)14(17)19-8-10-4-2-1-3-5-10/h1-5,11-13H,6-9H2/t11-,12-,13-/m0/s1. The normalized spacial score (nSPS) is 29.3. The maximum Gasteiger partial charge on any atom is 0.410 e. The predicted molar refractivity (Wildman–Crippen MR) is 71.1 cm³/mol. The summed E-state index contributed by atoms with van der Waals surface area (Å²) < 4.78 is 10.8. The molecule has 0 spiro atoms. The van der Waals surface area contributed by atoms with E-state index in [2.05, 4.69) is 0 Å². The van der Waals surface area contributed by atoms with Gasteiger partial charge >= 0.3 is 6.09 Å². The van der Waals surface area contributed by atoms with Gasteiger partial charge in [-0.25, -0.2) is 4.79 Å². The first-order valence-corrected chi connectivity index (χ1v) is 6.90. The molecule has 0 radical (unpaired) electrons. The molecule has 1 saturated heterocycles. The van der Waals surface area contributed by atoms with E-state index in [1.165, 1.54) is 0 Å². The highest BCUT2D eigenvalue weighted by molar-refractivity contribution is 6.23. The van der Waals surface area contributed by atoms with E-state index in [0.717, 1.165) is 5.56 Å². The number of carbonyl (C=O) groups is 1. The summed E-state index contributed by atoms with van der Waals surface area (Å²) in [5.74, 6) is 0.258. The molecule has 0 N–H and O–H groups in total. The molecule has 1 heterocycles. The van der Waals surface area contributed by atoms with E-state index in [-0.39, 0.29) is 23.4 Å². The van der Waals surface area contributed by atoms with Crippen LogP contribution in [-0.4, -0.2) is 42.2 Å². The number of halogens is 1. The molecule has 3 atom stereocenters. The minimum absolute atomic E-state index is 0.00424. The Kier molecular flexibility index (Phi) is 3.62. The van der Waals surface area contributed by atoms with Crippen molar-refractivity contribution in [1.82, 2.24) is 4.90 Å². The van der Waals surface area contributed by atoms with Crippen LogP contribution in [0, 0.1) is 5.92 Å². The first kappa shape index (κ1) is 12.8. The van der Waals surface area contributed by atoms with Gasteiger partial charge in [0, 0.05) is 12.5 Å². The number of benzene rings is 1. The van der Waals surface area contributed by atoms with Crippen molar-refractivity contribution in [2.45, 2.75) is 18.0 Å². The van der Waals surface area contributed by atoms with Crippen LogP contribution >= 0.6 is 11.6 Å². The summed E-state index contributed by atoms with van der Waals surface area (Å²) in [6.45, 7) is 2.04. The van der Waals surface area contributed by atoms with Gasteiger partial charge in [0.15, 0.2) is 0 Å². The molecule has 1 aromatic rings. The van der Waals surface area contributed by atoms with Gasteiger partial charge in [-0.1, -0.05) is 30.3 Å². The zero-order valence-corrected chi connectivity index (χ0v) is 11.3. The molecule has 1 saturated carbocycles. The van der Waals surface area contributed by atoms with Gasteiger partial charge in [-0.3, -0.25) is 0 Å². The summed E-state index contributed by atoms with van der Waals surface area (Å²) >= 11 is 6.16. The SMILES string of the molecule is O=C(OCc1ccccc1)N1CCOC[C@H]2[C@H](Cl)[C@H]21. The van der Waals surface area contributed by atoms with Crippen LogP contribution in [0.3, 0.4) is 0 Å². The highest BCUT2D eigenvalue weighted by Gasteiger charge is 2.55. The molecular weight excluding hydrogens is 266 g/mol. The number of carbonyl (C=O) groups excluding carboxylic acids is 1. The summed E-state index contributed by atoms with van der Waals surface area (Å²) in [4.78, 5) is 13.8. The fourth-order valence-electron chi connectivity index (χ4n) is 2.46. The quantitative estimate of drug-likeness (QED) is 0.781. The summed E-state index contributed by atoms with van der Waals surface area (Å²) in [7, 11) is 0. The molecule has 4 nitrogen and oxygen atoms in total. The lowest BCUT2D eigenvalue weighted by Gasteiger charge is -2.20. The Hall–Kier alpha value is -1.26. The Bertz CT molecular complexity index is 453. The zero-order chi connectivity index (χ0) is 13.2. The Morgan fingerprint density at radius 3 is 3.00 bits per heavy atom. The average Bonchev–Trinajstić information content (AvgIpc) is 3.13. The van der Waals surface area contributed by atoms with E-state index in [9.17, 15) is 4.79 Å². The van der Waals surface area contributed by atoms with Gasteiger partial charge in [0.1, 0.15) is 6.61 Å². The second-order valence-corrected chi connectivity index (χ2v) is 5.41. The number of hydrogen-bond donors (Lipinski definition) is 0. The molecule has 1 aliphatic carbocycles. The lowest BCUT2D eigenvalue weighted by molar-refractivity contribution is 0.0837. The van der Waals surface area contributed by atoms with Gasteiger partial charge < -0.3 is 14.4 Å². The Labute approximate surface area is 117 Å². The third-order valence-corrected chi connectivity index (χ3v) is 4.20. The van der Waals surface area contributed by atoms with Crippen LogP contribution in [-0.2, 0) is 16.1 Å². The number of hydrogen-bond acceptors (Lipinski definition) is 3. The molecule has 0 aromatic heterocycles. The van der Waals surface area contributed by atoms with Crippen molar-refractivity contribution in [1.29, 1.82) is 0 Å². The van der Waals surface area contributed by atoms with E-state index in [1.807, 2.05) is 30.3 Å². The highest BCUT2D eigenvalue weighted by Crippen LogP contribution is 2.42. The molecule has 5 heteroatoms. The highest BCUT2D eigenvalue weighted by atomic mass is 35.5. The number of ether oxygens (including phenoxy) is 2. The van der Waals surface area contributed by atoms with Gasteiger partial charge in [0.2, 0.25) is 0 Å². The molecular formula is C14H16ClNO3. The smallest absolute Gasteiger partial charge is 0.410 e. The Balaban J connectivity index is 1.58. The largest absolute Gasteiger partial charge is 0.445 e. The number of alkyl halides is 1. The van der Waals surface area contributed by atoms with Gasteiger partial charge in [0.25, 0.3) is 0 Å². The van der Waals surface area contributed by atoms with Crippen molar-refractivity contribution in [3.63, 3.8) is 0 Å². The molecule has 19 heavy (non-hydrogen) atoms. The molecule has 1 amide bonds. The molecule has 1 aliphatic heterocycles. The molecule has 0 bridgehead atoms. The van der Waals surface area contributed by atoms with Crippen LogP contribution in [0.15, 0.2) is 30.3 Å². The van der Waals surface area contributed by atoms with Crippen LogP contribution in [0.5, 0.6) is 0 Å². The topological polar surface area (TPSA) is 38.8 Å². The molecule has 2 fully saturated rings. The molecule has 0 unspecified atom stereocenters. The van der Waals surface area contributed by atoms with E-state index in [0.29, 0.717) is 26.4 Å². The predicted octanol–water partition coefficient (Wildman–Crippen LogP) is 2.26. The van der Waals surface area contributed by atoms with Gasteiger partial charge in [-0.05, 0) is 5.56 Å². The third kappa shape index (κ3) is 2.69. The summed E-state index contributed by atoms with van der Waals surface area (Å²) in [5.41, 5.74) is 0.983. The molecule has 3 rings (SSSR count). The second-order valence-electron chi connectivity index (χ2n) is 4.91. The van der Waals surface area contributed by atoms with Crippen LogP contribution in [0.4, 0.5) is 4.79 Å². The first-order valence-electron chi connectivity index (χ1n) is 6.46. The Morgan fingerprint density at radius 2 is 2.21 bits per heavy atom. The number of nitrogens with zero attached hydrogens (tertiary/aromatic N) is 1. The number of rotatable bonds is 2. The van der Waals surface area contributed by atoms with Crippen LogP contribution in [0.1, 0.15) is 5.56 Å². The van der Waals surface area contributed by atoms with Crippen LogP contribution in [0.2, 0.25) is 0 Å². The zero-order valence-electron chi connectivity index (χ0n) is 10.5. The van der Waals surface area contributed by atoms with Gasteiger partial charge in [-0.2, -0.15) is 0 Å². The molecule has 1 aromatic carbocycles. The van der Waals surface area contributed by atoms with Crippen LogP contribution in [0.25, 0.3) is 0 Å². The minimum Gasteiger partial charge on any atom is -0.445 e. The van der Waals surface area contributed by atoms with Crippen LogP contribution < -0.4 is 0 Å². The lowest BCUT2D eigenvalue weighted by Crippen LogP contribution is -2.36. The third-order valence-electron chi connectivity index (χ3n) is 3.62. The molecule has 102 valence electrons. The summed E-state index contributed by atoms with van der Waals surface area (Å²) in [6.07, 6.45) is -0.299. The summed E-state index contributed by atoms with van der Waals surface area (Å²) in [6, 6.07) is 9.73. The van der Waals surface area contributed by atoms with Crippen molar-refractivity contribution in [2.75, 3.05) is 19.8 Å². The summed E-state index contributed by atoms with van der Waals surface area (Å²) in [5, 5.41) is 0.00424. The fraction of sp³-hybridized carbons (Fsp3) is 0.500. The first-order chi connectivity index (χ1) is 9.27. The van der Waals surface area contributed by atoms with E-state index < -0.39 is 0 Å². The maximum absolute atomic E-state index is 12.1. The van der Waals surface area contributed by atoms with Crippen molar-refractivity contribution in [3.05, 3.63) is 35.9 Å². The number of amides is 1. The average molecular weight is 282 g/mol. The van der Waals surface area contributed by atoms with Gasteiger partial charge in [-0.15, -0.1) is 11.6 Å². The lowest BCUT2D eigenvalue weighted by atomic mass is 10.2. The Morgan fingerprint density at radius 1 is 1.42 bits per heavy atom. The van der Waals surface area contributed by atoms with E-state index in [4.69, 9.17) is 21.1 Å². The fourth-order valence-corrected chi connectivity index (χ4v) is 2.92. The van der Waals surface area contributed by atoms with Gasteiger partial charge in [0.05, 0.1) is 24.6 Å². The van der Waals surface area contributed by atoms with Crippen molar-refractivity contribution in [2.24, 2.45) is 5.92 Å². The second kappa shape index (κ2) is 5.39. The maximum atomic E-state index is 12.1. The number of fused-ring (bicyclic) bond motifs is 1. The van der Waals surface area contributed by atoms with Crippen molar-refractivity contribution in [3.8, 4) is 0 Å². The van der Waals surface area contributed by atoms with Crippen molar-refractivity contribution >= 4 is 17.7 Å². The van der Waals surface area contributed by atoms with E-state index in [1.54, 1.807) is 4.90 Å². The van der Waals surface area contributed by atoms with Crippen molar-refractivity contribution < 1.29 is 14.3 Å². The minimum atomic E-state index is -0.299. The van der Waals surface area contributed by atoms with E-state index >= 15 is 0 Å². The monoisotopic (exact) mass is 281 g/mol. The molecule has 2 aliphatic rings.